The Morgan fingerprint density at radius 2 is 1.68 bits per heavy atom. The number of phenols is 3. The molecule has 1 aliphatic heterocycles. The third-order valence-electron chi connectivity index (χ3n) is 4.91. The molecule has 31 heavy (non-hydrogen) atoms. The van der Waals surface area contributed by atoms with E-state index in [1.807, 2.05) is 6.07 Å². The van der Waals surface area contributed by atoms with Gasteiger partial charge < -0.3 is 29.9 Å². The Morgan fingerprint density at radius 3 is 2.35 bits per heavy atom. The number of hydrogen-bond donors (Lipinski definition) is 3. The lowest BCUT2D eigenvalue weighted by Gasteiger charge is -2.33. The van der Waals surface area contributed by atoms with Gasteiger partial charge in [0.1, 0.15) is 15.8 Å². The number of thiocarbonyl (C=S) groups is 1. The highest BCUT2D eigenvalue weighted by atomic mass is 32.2. The van der Waals surface area contributed by atoms with Crippen molar-refractivity contribution in [1.29, 1.82) is 0 Å². The Balaban J connectivity index is 1.42. The highest BCUT2D eigenvalue weighted by molar-refractivity contribution is 8.22. The zero-order valence-corrected chi connectivity index (χ0v) is 19.2. The molecule has 2 aromatic rings. The molecule has 1 saturated heterocycles. The van der Waals surface area contributed by atoms with E-state index in [1.54, 1.807) is 48.2 Å². The van der Waals surface area contributed by atoms with Crippen LogP contribution in [0, 0.1) is 0 Å². The predicted molar refractivity (Wildman–Crippen MR) is 131 cm³/mol. The lowest BCUT2D eigenvalue weighted by atomic mass is 10.1. The normalized spacial score (nSPS) is 14.8. The van der Waals surface area contributed by atoms with E-state index < -0.39 is 0 Å². The number of hydrogen-bond acceptors (Lipinski definition) is 7. The molecule has 0 radical (unpaired) electrons. The van der Waals surface area contributed by atoms with Crippen molar-refractivity contribution >= 4 is 40.5 Å². The van der Waals surface area contributed by atoms with E-state index in [2.05, 4.69) is 16.8 Å². The summed E-state index contributed by atoms with van der Waals surface area (Å²) in [6.45, 7) is 4.57. The fourth-order valence-corrected chi connectivity index (χ4v) is 4.38. The molecule has 1 fully saturated rings. The molecule has 0 amide bonds. The van der Waals surface area contributed by atoms with Gasteiger partial charge in [-0.05, 0) is 48.9 Å². The van der Waals surface area contributed by atoms with Crippen LogP contribution in [0.15, 0.2) is 36.4 Å². The lowest BCUT2D eigenvalue weighted by molar-refractivity contribution is 0.220. The van der Waals surface area contributed by atoms with E-state index in [9.17, 15) is 15.3 Å². The van der Waals surface area contributed by atoms with Crippen LogP contribution in [0.25, 0.3) is 12.2 Å². The minimum atomic E-state index is -0.00583. The second-order valence-corrected chi connectivity index (χ2v) is 9.18. The first-order valence-corrected chi connectivity index (χ1v) is 11.6. The molecule has 0 aromatic heterocycles. The Hall–Kier alpha value is -2.42. The van der Waals surface area contributed by atoms with E-state index in [1.165, 1.54) is 6.07 Å². The summed E-state index contributed by atoms with van der Waals surface area (Å²) in [7, 11) is 2.13. The zero-order valence-electron chi connectivity index (χ0n) is 17.5. The van der Waals surface area contributed by atoms with E-state index in [4.69, 9.17) is 17.0 Å². The number of aromatic hydroxyl groups is 3. The molecule has 0 unspecified atom stereocenters. The number of piperazine rings is 1. The quantitative estimate of drug-likeness (QED) is 0.325. The first-order chi connectivity index (χ1) is 14.9. The zero-order chi connectivity index (χ0) is 22.2. The first-order valence-electron chi connectivity index (χ1n) is 10.2. The van der Waals surface area contributed by atoms with Crippen molar-refractivity contribution < 1.29 is 20.1 Å². The molecule has 166 valence electrons. The number of ether oxygens (including phenoxy) is 1. The number of phenolic OH excluding ortho intramolecular Hbond substituents is 3. The van der Waals surface area contributed by atoms with E-state index in [0.29, 0.717) is 17.9 Å². The summed E-state index contributed by atoms with van der Waals surface area (Å²) in [5.74, 6) is 1.38. The van der Waals surface area contributed by atoms with Crippen LogP contribution < -0.4 is 4.74 Å². The maximum absolute atomic E-state index is 10.2. The van der Waals surface area contributed by atoms with Crippen molar-refractivity contribution in [3.63, 3.8) is 0 Å². The van der Waals surface area contributed by atoms with Crippen LogP contribution in [0.2, 0.25) is 0 Å². The smallest absolute Gasteiger partial charge is 0.160 e. The maximum Gasteiger partial charge on any atom is 0.160 e. The molecule has 6 nitrogen and oxygen atoms in total. The van der Waals surface area contributed by atoms with Gasteiger partial charge in [0, 0.05) is 38.0 Å². The van der Waals surface area contributed by atoms with Crippen LogP contribution in [-0.4, -0.2) is 75.0 Å². The third kappa shape index (κ3) is 7.34. The topological polar surface area (TPSA) is 76.4 Å². The molecule has 0 atom stereocenters. The molecule has 0 aliphatic carbocycles. The van der Waals surface area contributed by atoms with Crippen LogP contribution >= 0.6 is 24.0 Å². The molecular formula is C23H28N2O4S2. The molecule has 8 heteroatoms. The number of thioether (sulfide) groups is 1. The minimum Gasteiger partial charge on any atom is -0.508 e. The highest BCUT2D eigenvalue weighted by Gasteiger charge is 2.16. The third-order valence-corrected chi connectivity index (χ3v) is 6.52. The van der Waals surface area contributed by atoms with Gasteiger partial charge >= 0.3 is 0 Å². The average molecular weight is 461 g/mol. The van der Waals surface area contributed by atoms with Gasteiger partial charge in [0.05, 0.1) is 6.61 Å². The largest absolute Gasteiger partial charge is 0.508 e. The number of benzene rings is 2. The Labute approximate surface area is 192 Å². The molecule has 0 saturated carbocycles. The van der Waals surface area contributed by atoms with E-state index in [-0.39, 0.29) is 17.2 Å². The Kier molecular flexibility index (Phi) is 8.45. The van der Waals surface area contributed by atoms with Crippen molar-refractivity contribution in [3.8, 4) is 23.0 Å². The molecule has 3 N–H and O–H groups in total. The van der Waals surface area contributed by atoms with E-state index >= 15 is 0 Å². The summed E-state index contributed by atoms with van der Waals surface area (Å²) < 4.78 is 6.66. The predicted octanol–water partition coefficient (Wildman–Crippen LogP) is 4.01. The van der Waals surface area contributed by atoms with Crippen LogP contribution in [0.3, 0.4) is 0 Å². The van der Waals surface area contributed by atoms with Gasteiger partial charge in [-0.3, -0.25) is 0 Å². The van der Waals surface area contributed by atoms with Gasteiger partial charge in [-0.15, -0.1) is 0 Å². The van der Waals surface area contributed by atoms with Crippen LogP contribution in [0.1, 0.15) is 17.5 Å². The SMILES string of the molecule is CN1CCN(C(=S)SCCCOc2ccc(/C=C/c3cc(O)cc(O)c3)cc2O)CC1. The van der Waals surface area contributed by atoms with Gasteiger partial charge in [0.25, 0.3) is 0 Å². The summed E-state index contributed by atoms with van der Waals surface area (Å²) in [5, 5.41) is 29.3. The second kappa shape index (κ2) is 11.3. The molecular weight excluding hydrogens is 432 g/mol. The summed E-state index contributed by atoms with van der Waals surface area (Å²) in [4.78, 5) is 4.57. The summed E-state index contributed by atoms with van der Waals surface area (Å²) >= 11 is 7.20. The Morgan fingerprint density at radius 1 is 1.00 bits per heavy atom. The lowest BCUT2D eigenvalue weighted by Crippen LogP contribution is -2.45. The first kappa shape index (κ1) is 23.2. The molecule has 0 bridgehead atoms. The molecule has 2 aromatic carbocycles. The van der Waals surface area contributed by atoms with Crippen LogP contribution in [0.4, 0.5) is 0 Å². The average Bonchev–Trinajstić information content (AvgIpc) is 2.73. The van der Waals surface area contributed by atoms with Crippen LogP contribution in [0.5, 0.6) is 23.0 Å². The Bertz CT molecular complexity index is 908. The summed E-state index contributed by atoms with van der Waals surface area (Å²) in [6.07, 6.45) is 4.36. The van der Waals surface area contributed by atoms with Gasteiger partial charge in [-0.1, -0.05) is 42.2 Å². The standard InChI is InChI=1S/C23H28N2O4S2/c1-24-7-9-25(10-8-24)23(30)31-12-2-11-29-22-6-5-17(15-21(22)28)3-4-18-13-19(26)16-20(27)14-18/h3-6,13-16,26-28H,2,7-12H2,1H3/b4-3+. The number of nitrogens with zero attached hydrogens (tertiary/aromatic N) is 2. The molecule has 1 heterocycles. The van der Waals surface area contributed by atoms with Crippen molar-refractivity contribution in [2.24, 2.45) is 0 Å². The maximum atomic E-state index is 10.2. The molecule has 0 spiro atoms. The van der Waals surface area contributed by atoms with Crippen LogP contribution in [-0.2, 0) is 0 Å². The number of rotatable bonds is 7. The summed E-state index contributed by atoms with van der Waals surface area (Å²) in [6, 6.07) is 9.55. The fraction of sp³-hybridized carbons (Fsp3) is 0.348. The van der Waals surface area contributed by atoms with Crippen molar-refractivity contribution in [2.75, 3.05) is 45.6 Å². The number of likely N-dealkylation sites (N-methyl/N-ethyl adjacent to an activating group) is 1. The molecule has 3 rings (SSSR count). The van der Waals surface area contributed by atoms with Gasteiger partial charge in [-0.25, -0.2) is 0 Å². The van der Waals surface area contributed by atoms with Crippen molar-refractivity contribution in [2.45, 2.75) is 6.42 Å². The monoisotopic (exact) mass is 460 g/mol. The van der Waals surface area contributed by atoms with Crippen molar-refractivity contribution in [3.05, 3.63) is 47.5 Å². The van der Waals surface area contributed by atoms with Gasteiger partial charge in [0.2, 0.25) is 0 Å². The van der Waals surface area contributed by atoms with E-state index in [0.717, 1.165) is 48.2 Å². The fourth-order valence-electron chi connectivity index (χ4n) is 3.15. The van der Waals surface area contributed by atoms with Gasteiger partial charge in [0.15, 0.2) is 11.5 Å². The van der Waals surface area contributed by atoms with Gasteiger partial charge in [-0.2, -0.15) is 0 Å². The summed E-state index contributed by atoms with van der Waals surface area (Å²) in [5.41, 5.74) is 1.44. The molecule has 1 aliphatic rings. The second-order valence-electron chi connectivity index (χ2n) is 7.45. The van der Waals surface area contributed by atoms with Crippen molar-refractivity contribution in [1.82, 2.24) is 9.80 Å². The minimum absolute atomic E-state index is 0.00583. The highest BCUT2D eigenvalue weighted by Crippen LogP contribution is 2.28.